The second kappa shape index (κ2) is 5.63. The van der Waals surface area contributed by atoms with Gasteiger partial charge in [0.05, 0.1) is 12.8 Å². The van der Waals surface area contributed by atoms with Crippen LogP contribution in [0.1, 0.15) is 20.3 Å². The molecule has 0 unspecified atom stereocenters. The van der Waals surface area contributed by atoms with Gasteiger partial charge in [-0.3, -0.25) is 14.7 Å². The standard InChI is InChI=1S/C16H18N4O2/c1-10(2)9-13(21)18-16-17-12-7-8-14(22-3)19-15(12)20(16)11-5-4-6-11/h4-8,10H,9H2,1-3H3,(H,17,18,21). The summed E-state index contributed by atoms with van der Waals surface area (Å²) in [5.74, 6) is 1.23. The zero-order valence-corrected chi connectivity index (χ0v) is 12.8. The van der Waals surface area contributed by atoms with Crippen LogP contribution >= 0.6 is 0 Å². The van der Waals surface area contributed by atoms with E-state index in [9.17, 15) is 4.79 Å². The molecule has 6 nitrogen and oxygen atoms in total. The summed E-state index contributed by atoms with van der Waals surface area (Å²) in [6.45, 7) is 4.01. The Hall–Kier alpha value is -2.63. The highest BCUT2D eigenvalue weighted by Crippen LogP contribution is 2.28. The van der Waals surface area contributed by atoms with Gasteiger partial charge >= 0.3 is 0 Å². The molecule has 0 aromatic carbocycles. The van der Waals surface area contributed by atoms with Gasteiger partial charge < -0.3 is 4.74 Å². The summed E-state index contributed by atoms with van der Waals surface area (Å²) in [5, 5.41) is 2.88. The van der Waals surface area contributed by atoms with E-state index in [-0.39, 0.29) is 5.91 Å². The fraction of sp³-hybridized carbons (Fsp3) is 0.312. The molecule has 2 aromatic heterocycles. The molecule has 0 bridgehead atoms. The first kappa shape index (κ1) is 14.3. The molecule has 2 heterocycles. The van der Waals surface area contributed by atoms with Crippen molar-refractivity contribution in [3.05, 3.63) is 30.4 Å². The maximum absolute atomic E-state index is 12.1. The number of pyridine rings is 1. The van der Waals surface area contributed by atoms with Gasteiger partial charge in [0.2, 0.25) is 17.7 Å². The van der Waals surface area contributed by atoms with E-state index in [1.807, 2.05) is 42.7 Å². The Labute approximate surface area is 128 Å². The van der Waals surface area contributed by atoms with Crippen LogP contribution in [-0.4, -0.2) is 27.6 Å². The Morgan fingerprint density at radius 1 is 1.36 bits per heavy atom. The second-order valence-electron chi connectivity index (χ2n) is 5.56. The van der Waals surface area contributed by atoms with E-state index >= 15 is 0 Å². The van der Waals surface area contributed by atoms with Crippen molar-refractivity contribution in [2.75, 3.05) is 12.4 Å². The van der Waals surface area contributed by atoms with E-state index in [4.69, 9.17) is 4.74 Å². The summed E-state index contributed by atoms with van der Waals surface area (Å²) in [5.41, 5.74) is 2.31. The molecular formula is C16H18N4O2. The van der Waals surface area contributed by atoms with E-state index < -0.39 is 0 Å². The molecule has 0 spiro atoms. The van der Waals surface area contributed by atoms with Gasteiger partial charge in [-0.15, -0.1) is 0 Å². The lowest BCUT2D eigenvalue weighted by Crippen LogP contribution is -2.17. The Bertz CT molecular complexity index is 787. The average molecular weight is 298 g/mol. The summed E-state index contributed by atoms with van der Waals surface area (Å²) in [7, 11) is 1.57. The number of methoxy groups -OCH3 is 1. The number of amides is 1. The number of nitrogens with one attached hydrogen (secondary N) is 1. The number of imidazole rings is 1. The van der Waals surface area contributed by atoms with Gasteiger partial charge in [-0.1, -0.05) is 19.9 Å². The van der Waals surface area contributed by atoms with Gasteiger partial charge in [-0.2, -0.15) is 4.98 Å². The van der Waals surface area contributed by atoms with Crippen LogP contribution in [-0.2, 0) is 4.79 Å². The number of rotatable bonds is 5. The second-order valence-corrected chi connectivity index (χ2v) is 5.56. The molecule has 0 saturated heterocycles. The van der Waals surface area contributed by atoms with Crippen molar-refractivity contribution in [2.45, 2.75) is 20.3 Å². The maximum Gasteiger partial charge on any atom is 0.226 e. The molecule has 22 heavy (non-hydrogen) atoms. The van der Waals surface area contributed by atoms with Crippen LogP contribution < -0.4 is 10.1 Å². The third-order valence-corrected chi connectivity index (χ3v) is 3.33. The summed E-state index contributed by atoms with van der Waals surface area (Å²) in [6, 6.07) is 3.59. The molecule has 1 amide bonds. The van der Waals surface area contributed by atoms with Gasteiger partial charge in [-0.05, 0) is 24.1 Å². The van der Waals surface area contributed by atoms with E-state index in [0.29, 0.717) is 35.3 Å². The van der Waals surface area contributed by atoms with Gasteiger partial charge in [0.1, 0.15) is 5.52 Å². The van der Waals surface area contributed by atoms with Crippen LogP contribution in [0.2, 0.25) is 0 Å². The number of aromatic nitrogens is 3. The van der Waals surface area contributed by atoms with Crippen molar-refractivity contribution < 1.29 is 9.53 Å². The molecule has 114 valence electrons. The number of allylic oxidation sites excluding steroid dienone is 4. The summed E-state index contributed by atoms with van der Waals surface area (Å²) in [6.07, 6.45) is 6.27. The lowest BCUT2D eigenvalue weighted by molar-refractivity contribution is -0.116. The highest BCUT2D eigenvalue weighted by molar-refractivity contribution is 5.93. The van der Waals surface area contributed by atoms with Crippen molar-refractivity contribution in [3.63, 3.8) is 0 Å². The van der Waals surface area contributed by atoms with Crippen molar-refractivity contribution in [1.82, 2.24) is 14.5 Å². The van der Waals surface area contributed by atoms with E-state index in [1.165, 1.54) is 0 Å². The minimum Gasteiger partial charge on any atom is -0.481 e. The number of nitrogens with zero attached hydrogens (tertiary/aromatic N) is 3. The number of hydrogen-bond donors (Lipinski definition) is 1. The molecule has 1 aliphatic carbocycles. The molecule has 0 fully saturated rings. The number of fused-ring (bicyclic) bond motifs is 1. The van der Waals surface area contributed by atoms with Crippen LogP contribution in [0.5, 0.6) is 5.88 Å². The molecule has 3 rings (SSSR count). The fourth-order valence-electron chi connectivity index (χ4n) is 2.26. The molecule has 1 N–H and O–H groups in total. The van der Waals surface area contributed by atoms with Crippen LogP contribution in [0.4, 0.5) is 5.95 Å². The largest absolute Gasteiger partial charge is 0.481 e. The smallest absolute Gasteiger partial charge is 0.226 e. The molecule has 0 saturated carbocycles. The van der Waals surface area contributed by atoms with Gasteiger partial charge in [0.15, 0.2) is 5.65 Å². The Morgan fingerprint density at radius 3 is 2.73 bits per heavy atom. The van der Waals surface area contributed by atoms with Crippen LogP contribution in [0.25, 0.3) is 16.9 Å². The molecule has 1 aliphatic rings. The first-order chi connectivity index (χ1) is 10.6. The van der Waals surface area contributed by atoms with Crippen LogP contribution in [0, 0.1) is 5.92 Å². The van der Waals surface area contributed by atoms with E-state index in [2.05, 4.69) is 15.3 Å². The van der Waals surface area contributed by atoms with E-state index in [1.54, 1.807) is 13.2 Å². The first-order valence-electron chi connectivity index (χ1n) is 7.20. The summed E-state index contributed by atoms with van der Waals surface area (Å²) >= 11 is 0. The summed E-state index contributed by atoms with van der Waals surface area (Å²) in [4.78, 5) is 21.0. The third-order valence-electron chi connectivity index (χ3n) is 3.33. The normalized spacial score (nSPS) is 13.2. The molecule has 0 atom stereocenters. The predicted octanol–water partition coefficient (Wildman–Crippen LogP) is 2.84. The minimum atomic E-state index is -0.0533. The number of ether oxygens (including phenoxy) is 1. The number of anilines is 1. The molecule has 2 aromatic rings. The van der Waals surface area contributed by atoms with Crippen molar-refractivity contribution in [1.29, 1.82) is 0 Å². The number of carbonyl (C=O) groups excluding carboxylic acids is 1. The van der Waals surface area contributed by atoms with Crippen molar-refractivity contribution in [2.24, 2.45) is 5.92 Å². The van der Waals surface area contributed by atoms with Crippen LogP contribution in [0.3, 0.4) is 0 Å². The Morgan fingerprint density at radius 2 is 2.14 bits per heavy atom. The highest BCUT2D eigenvalue weighted by Gasteiger charge is 2.18. The van der Waals surface area contributed by atoms with Gasteiger partial charge in [-0.25, -0.2) is 4.98 Å². The zero-order chi connectivity index (χ0) is 15.7. The SMILES string of the molecule is COc1ccc2nc(NC(=O)CC(C)C)n(C3=CC=C3)c2n1. The zero-order valence-electron chi connectivity index (χ0n) is 12.8. The van der Waals surface area contributed by atoms with Crippen molar-refractivity contribution >= 4 is 28.7 Å². The molecular weight excluding hydrogens is 280 g/mol. The third kappa shape index (κ3) is 2.59. The lowest BCUT2D eigenvalue weighted by atomic mass is 10.1. The number of hydrogen-bond acceptors (Lipinski definition) is 4. The lowest BCUT2D eigenvalue weighted by Gasteiger charge is -2.14. The highest BCUT2D eigenvalue weighted by atomic mass is 16.5. The van der Waals surface area contributed by atoms with Crippen molar-refractivity contribution in [3.8, 4) is 5.88 Å². The van der Waals surface area contributed by atoms with Gasteiger partial charge in [0.25, 0.3) is 0 Å². The average Bonchev–Trinajstić information content (AvgIpc) is 2.73. The number of carbonyl (C=O) groups is 1. The fourth-order valence-corrected chi connectivity index (χ4v) is 2.26. The quantitative estimate of drug-likeness (QED) is 0.921. The summed E-state index contributed by atoms with van der Waals surface area (Å²) < 4.78 is 7.00. The monoisotopic (exact) mass is 298 g/mol. The first-order valence-corrected chi connectivity index (χ1v) is 7.20. The van der Waals surface area contributed by atoms with E-state index in [0.717, 1.165) is 5.70 Å². The topological polar surface area (TPSA) is 69.0 Å². The predicted molar refractivity (Wildman–Crippen MR) is 85.6 cm³/mol. The van der Waals surface area contributed by atoms with Gasteiger partial charge in [0, 0.05) is 12.5 Å². The molecule has 0 radical (unpaired) electrons. The Balaban J connectivity index is 2.03. The maximum atomic E-state index is 12.1. The molecule has 6 heteroatoms. The molecule has 0 aliphatic heterocycles. The van der Waals surface area contributed by atoms with Crippen LogP contribution in [0.15, 0.2) is 30.4 Å². The minimum absolute atomic E-state index is 0.0533. The Kier molecular flexibility index (Phi) is 3.66.